The highest BCUT2D eigenvalue weighted by Crippen LogP contribution is 2.68. The molecule has 1 unspecified atom stereocenters. The summed E-state index contributed by atoms with van der Waals surface area (Å²) in [5.74, 6) is -8.16. The Morgan fingerprint density at radius 2 is 1.81 bits per heavy atom. The molecule has 0 aliphatic heterocycles. The number of amides is 1. The lowest BCUT2D eigenvalue weighted by Crippen LogP contribution is -2.35. The minimum atomic E-state index is -3.79. The number of benzene rings is 2. The van der Waals surface area contributed by atoms with Crippen LogP contribution in [0.1, 0.15) is 53.0 Å². The summed E-state index contributed by atoms with van der Waals surface area (Å²) in [7, 11) is -2.24. The third-order valence-corrected chi connectivity index (χ3v) is 10.4. The molecule has 0 saturated heterocycles. The SMILES string of the molecule is Cn1nc(NS(C)(=O)=O)c2c(Cl)ccc(-c3cc4cc[nH]c4nc3[C@H](Cc3cc(F)cc(F)c3)NC(=O)Cn3nc(C(F)F)c4c3C(F)(F)C3C[C@H]43)c21. The highest BCUT2D eigenvalue weighted by Gasteiger charge is 2.67. The van der Waals surface area contributed by atoms with Gasteiger partial charge in [-0.3, -0.25) is 18.9 Å². The molecule has 276 valence electrons. The minimum absolute atomic E-state index is 0.0417. The zero-order valence-electron chi connectivity index (χ0n) is 27.6. The number of alkyl halides is 4. The quantitative estimate of drug-likeness (QED) is 0.130. The summed E-state index contributed by atoms with van der Waals surface area (Å²) in [6.45, 7) is -0.869. The van der Waals surface area contributed by atoms with E-state index in [1.54, 1.807) is 31.4 Å². The van der Waals surface area contributed by atoms with Crippen LogP contribution in [-0.4, -0.2) is 50.1 Å². The predicted octanol–water partition coefficient (Wildman–Crippen LogP) is 6.86. The number of H-pyrrole nitrogens is 1. The van der Waals surface area contributed by atoms with Gasteiger partial charge in [0.15, 0.2) is 5.82 Å². The van der Waals surface area contributed by atoms with E-state index in [9.17, 15) is 30.8 Å². The molecule has 8 rings (SSSR count). The van der Waals surface area contributed by atoms with Gasteiger partial charge in [-0.15, -0.1) is 0 Å². The number of fused-ring (bicyclic) bond motifs is 5. The van der Waals surface area contributed by atoms with Crippen LogP contribution in [0.3, 0.4) is 0 Å². The monoisotopic (exact) mass is 776 g/mol. The van der Waals surface area contributed by atoms with Crippen molar-refractivity contribution >= 4 is 55.3 Å². The average molecular weight is 777 g/mol. The molecular weight excluding hydrogens is 750 g/mol. The van der Waals surface area contributed by atoms with E-state index in [2.05, 4.69) is 25.2 Å². The Labute approximate surface area is 301 Å². The molecule has 2 aliphatic carbocycles. The van der Waals surface area contributed by atoms with Crippen molar-refractivity contribution in [3.63, 3.8) is 0 Å². The van der Waals surface area contributed by atoms with Gasteiger partial charge < -0.3 is 10.3 Å². The first-order valence-corrected chi connectivity index (χ1v) is 18.4. The number of nitrogens with zero attached hydrogens (tertiary/aromatic N) is 5. The number of nitrogens with one attached hydrogen (secondary N) is 3. The van der Waals surface area contributed by atoms with E-state index in [1.807, 2.05) is 0 Å². The van der Waals surface area contributed by atoms with Gasteiger partial charge in [-0.25, -0.2) is 31.0 Å². The largest absolute Gasteiger partial charge is 0.346 e. The Morgan fingerprint density at radius 3 is 2.51 bits per heavy atom. The number of aryl methyl sites for hydroxylation is 1. The molecule has 11 nitrogen and oxygen atoms in total. The average Bonchev–Trinajstić information content (AvgIpc) is 3.28. The van der Waals surface area contributed by atoms with Crippen molar-refractivity contribution in [1.82, 2.24) is 34.8 Å². The fraction of sp³-hybridized carbons (Fsp3) is 0.294. The van der Waals surface area contributed by atoms with Crippen molar-refractivity contribution in [3.8, 4) is 11.1 Å². The predicted molar refractivity (Wildman–Crippen MR) is 182 cm³/mol. The first-order valence-electron chi connectivity index (χ1n) is 16.1. The number of rotatable bonds is 10. The van der Waals surface area contributed by atoms with Crippen molar-refractivity contribution in [1.29, 1.82) is 0 Å². The van der Waals surface area contributed by atoms with Gasteiger partial charge >= 0.3 is 0 Å². The van der Waals surface area contributed by atoms with E-state index in [1.165, 1.54) is 10.7 Å². The van der Waals surface area contributed by atoms with Gasteiger partial charge in [-0.05, 0) is 54.7 Å². The van der Waals surface area contributed by atoms with Gasteiger partial charge in [0.25, 0.3) is 12.3 Å². The molecule has 6 aromatic rings. The molecule has 4 heterocycles. The summed E-state index contributed by atoms with van der Waals surface area (Å²) in [5.41, 5.74) is -0.0160. The second kappa shape index (κ2) is 12.2. The molecule has 0 radical (unpaired) electrons. The second-order valence-corrected chi connectivity index (χ2v) is 15.4. The summed E-state index contributed by atoms with van der Waals surface area (Å²) in [5, 5.41) is 11.8. The molecular formula is C34H27ClF6N8O3S. The molecule has 19 heteroatoms. The lowest BCUT2D eigenvalue weighted by molar-refractivity contribution is -0.123. The van der Waals surface area contributed by atoms with E-state index in [4.69, 9.17) is 16.6 Å². The van der Waals surface area contributed by atoms with Crippen molar-refractivity contribution in [2.24, 2.45) is 13.0 Å². The van der Waals surface area contributed by atoms with Crippen LogP contribution in [0.4, 0.5) is 32.2 Å². The molecule has 2 aliphatic rings. The topological polar surface area (TPSA) is 140 Å². The Kier molecular flexibility index (Phi) is 8.06. The van der Waals surface area contributed by atoms with Gasteiger partial charge in [-0.1, -0.05) is 17.7 Å². The number of hydrogen-bond donors (Lipinski definition) is 3. The van der Waals surface area contributed by atoms with Crippen LogP contribution in [0.25, 0.3) is 33.1 Å². The summed E-state index contributed by atoms with van der Waals surface area (Å²) in [6.07, 6.45) is -0.810. The first kappa shape index (κ1) is 35.0. The third kappa shape index (κ3) is 6.06. The zero-order chi connectivity index (χ0) is 37.7. The lowest BCUT2D eigenvalue weighted by Gasteiger charge is -2.23. The van der Waals surface area contributed by atoms with Crippen molar-refractivity contribution in [2.45, 2.75) is 43.7 Å². The molecule has 1 saturated carbocycles. The Bertz CT molecular complexity index is 2590. The maximum absolute atomic E-state index is 15.3. The molecule has 3 N–H and O–H groups in total. The van der Waals surface area contributed by atoms with Gasteiger partial charge in [0.2, 0.25) is 15.9 Å². The van der Waals surface area contributed by atoms with E-state index in [0.29, 0.717) is 38.4 Å². The van der Waals surface area contributed by atoms with Crippen molar-refractivity contribution < 1.29 is 39.6 Å². The number of aromatic nitrogens is 6. The third-order valence-electron chi connectivity index (χ3n) is 9.56. The Balaban J connectivity index is 1.26. The van der Waals surface area contributed by atoms with Crippen LogP contribution in [-0.2, 0) is 40.8 Å². The van der Waals surface area contributed by atoms with Gasteiger partial charge in [0.05, 0.1) is 33.9 Å². The molecule has 2 aromatic carbocycles. The van der Waals surface area contributed by atoms with Gasteiger partial charge in [0, 0.05) is 47.3 Å². The minimum Gasteiger partial charge on any atom is -0.346 e. The van der Waals surface area contributed by atoms with Crippen molar-refractivity contribution in [2.75, 3.05) is 11.0 Å². The van der Waals surface area contributed by atoms with Crippen LogP contribution >= 0.6 is 11.6 Å². The number of halogens is 7. The van der Waals surface area contributed by atoms with Crippen LogP contribution in [0.2, 0.25) is 5.02 Å². The van der Waals surface area contributed by atoms with Crippen LogP contribution < -0.4 is 10.0 Å². The van der Waals surface area contributed by atoms with Crippen LogP contribution in [0.5, 0.6) is 0 Å². The molecule has 53 heavy (non-hydrogen) atoms. The fourth-order valence-corrected chi connectivity index (χ4v) is 8.19. The van der Waals surface area contributed by atoms with Crippen LogP contribution in [0, 0.1) is 17.6 Å². The highest BCUT2D eigenvalue weighted by atomic mass is 35.5. The van der Waals surface area contributed by atoms with E-state index >= 15 is 8.78 Å². The highest BCUT2D eigenvalue weighted by molar-refractivity contribution is 7.92. The normalized spacial score (nSPS) is 18.1. The maximum atomic E-state index is 15.3. The fourth-order valence-electron chi connectivity index (χ4n) is 7.45. The second-order valence-electron chi connectivity index (χ2n) is 13.3. The molecule has 0 bridgehead atoms. The van der Waals surface area contributed by atoms with Crippen molar-refractivity contribution in [3.05, 3.63) is 93.5 Å². The Hall–Kier alpha value is -5.10. The number of sulfonamides is 1. The number of pyridine rings is 1. The molecule has 1 amide bonds. The molecule has 1 fully saturated rings. The number of anilines is 1. The smallest absolute Gasteiger partial charge is 0.293 e. The molecule has 3 atom stereocenters. The first-order chi connectivity index (χ1) is 25.0. The number of carbonyl (C=O) groups excluding carboxylic acids is 1. The summed E-state index contributed by atoms with van der Waals surface area (Å²) < 4.78 is 116. The number of aromatic amines is 1. The maximum Gasteiger partial charge on any atom is 0.293 e. The Morgan fingerprint density at radius 1 is 1.08 bits per heavy atom. The summed E-state index contributed by atoms with van der Waals surface area (Å²) in [6, 6.07) is 8.16. The lowest BCUT2D eigenvalue weighted by atomic mass is 9.93. The number of hydrogen-bond acceptors (Lipinski definition) is 6. The molecule has 4 aromatic heterocycles. The summed E-state index contributed by atoms with van der Waals surface area (Å²) >= 11 is 6.57. The molecule has 0 spiro atoms. The zero-order valence-corrected chi connectivity index (χ0v) is 29.1. The standard InChI is InChI=1S/C34H27ClF6N8O3S/c1-48-29-18(3-4-22(35)26(29)33(46-48)47-53(2,51)52)19-10-15-5-6-42-32(15)44-27(19)23(9-14-7-16(36)11-17(37)8-14)43-24(50)13-49-30-25(28(45-49)31(38)39)20-12-21(20)34(30,40)41/h3-8,10-11,20-21,23,31H,9,12-13H2,1-2H3,(H,42,44)(H,43,50)(H,46,47)/t20-,21?,23-/m0/s1. The van der Waals surface area contributed by atoms with Gasteiger partial charge in [-0.2, -0.15) is 19.0 Å². The van der Waals surface area contributed by atoms with Crippen LogP contribution in [0.15, 0.2) is 48.7 Å². The summed E-state index contributed by atoms with van der Waals surface area (Å²) in [4.78, 5) is 21.6. The van der Waals surface area contributed by atoms with E-state index in [0.717, 1.165) is 18.4 Å². The van der Waals surface area contributed by atoms with E-state index < -0.39 is 75.7 Å². The van der Waals surface area contributed by atoms with Gasteiger partial charge in [0.1, 0.15) is 35.2 Å². The number of carbonyl (C=O) groups is 1. The van der Waals surface area contributed by atoms with E-state index in [-0.39, 0.29) is 45.9 Å².